The number of nitrogens with zero attached hydrogens (tertiary/aromatic N) is 7. The van der Waals surface area contributed by atoms with Crippen molar-refractivity contribution >= 4 is 23.4 Å². The molecule has 3 N–H and O–H groups in total. The van der Waals surface area contributed by atoms with Gasteiger partial charge in [0, 0.05) is 62.2 Å². The van der Waals surface area contributed by atoms with Crippen LogP contribution in [0.4, 0.5) is 32.2 Å². The lowest BCUT2D eigenvalue weighted by atomic mass is 10.1. The van der Waals surface area contributed by atoms with Crippen LogP contribution in [0.5, 0.6) is 0 Å². The minimum absolute atomic E-state index is 0.162. The Morgan fingerprint density at radius 3 is 2.43 bits per heavy atom. The van der Waals surface area contributed by atoms with Crippen LogP contribution in [-0.2, 0) is 11.3 Å². The summed E-state index contributed by atoms with van der Waals surface area (Å²) in [6.45, 7) is 1.52. The number of nitrogens with one attached hydrogen (secondary N) is 1. The summed E-state index contributed by atoms with van der Waals surface area (Å²) in [4.78, 5) is 19.2. The van der Waals surface area contributed by atoms with Gasteiger partial charge in [0.15, 0.2) is 5.82 Å². The number of benzene rings is 1. The van der Waals surface area contributed by atoms with Gasteiger partial charge < -0.3 is 20.7 Å². The number of rotatable bonds is 8. The van der Waals surface area contributed by atoms with Gasteiger partial charge in [-0.1, -0.05) is 12.1 Å². The third-order valence-corrected chi connectivity index (χ3v) is 6.11. The first-order valence-corrected chi connectivity index (χ1v) is 11.9. The first kappa shape index (κ1) is 24.5. The molecule has 0 atom stereocenters. The van der Waals surface area contributed by atoms with Gasteiger partial charge in [0.2, 0.25) is 11.9 Å². The summed E-state index contributed by atoms with van der Waals surface area (Å²) >= 11 is 0. The fourth-order valence-corrected chi connectivity index (χ4v) is 4.05. The van der Waals surface area contributed by atoms with Crippen LogP contribution in [0, 0.1) is 0 Å². The molecule has 0 aliphatic carbocycles. The molecule has 5 rings (SSSR count). The Labute approximate surface area is 212 Å². The molecule has 0 radical (unpaired) electrons. The fourth-order valence-electron chi connectivity index (χ4n) is 4.05. The van der Waals surface area contributed by atoms with Crippen molar-refractivity contribution in [3.63, 3.8) is 0 Å². The van der Waals surface area contributed by atoms with Gasteiger partial charge in [-0.2, -0.15) is 4.98 Å². The van der Waals surface area contributed by atoms with E-state index in [1.165, 1.54) is 0 Å². The topological polar surface area (TPSA) is 120 Å². The molecule has 1 aliphatic heterocycles. The summed E-state index contributed by atoms with van der Waals surface area (Å²) in [6, 6.07) is 13.2. The number of methoxy groups -OCH3 is 1. The number of aromatic nitrogens is 6. The van der Waals surface area contributed by atoms with Crippen molar-refractivity contribution in [2.24, 2.45) is 0 Å². The number of ether oxygens (including phenoxy) is 1. The Kier molecular flexibility index (Phi) is 6.91. The lowest BCUT2D eigenvalue weighted by Gasteiger charge is -2.32. The Morgan fingerprint density at radius 1 is 1.00 bits per heavy atom. The van der Waals surface area contributed by atoms with Gasteiger partial charge >= 0.3 is 0 Å². The number of hydrogen-bond acceptors (Lipinski definition) is 9. The van der Waals surface area contributed by atoms with Gasteiger partial charge in [0.05, 0.1) is 18.8 Å². The SMILES string of the molecule is COCCn1nc(-c2ccc(N3CCC(F)(F)CC3)nc2)nc1Nc1ccc(-c2ccnc(N)n2)cc1. The largest absolute Gasteiger partial charge is 0.383 e. The van der Waals surface area contributed by atoms with Crippen molar-refractivity contribution in [1.29, 1.82) is 0 Å². The molecule has 0 saturated carbocycles. The van der Waals surface area contributed by atoms with E-state index in [0.717, 1.165) is 22.5 Å². The van der Waals surface area contributed by atoms with Crippen molar-refractivity contribution in [2.75, 3.05) is 42.8 Å². The highest BCUT2D eigenvalue weighted by Crippen LogP contribution is 2.30. The average Bonchev–Trinajstić information content (AvgIpc) is 3.30. The summed E-state index contributed by atoms with van der Waals surface area (Å²) in [7, 11) is 1.63. The van der Waals surface area contributed by atoms with Gasteiger partial charge in [-0.15, -0.1) is 5.10 Å². The first-order valence-electron chi connectivity index (χ1n) is 11.9. The predicted molar refractivity (Wildman–Crippen MR) is 137 cm³/mol. The zero-order valence-electron chi connectivity index (χ0n) is 20.3. The number of alkyl halides is 2. The summed E-state index contributed by atoms with van der Waals surface area (Å²) in [5, 5.41) is 7.94. The smallest absolute Gasteiger partial charge is 0.251 e. The van der Waals surface area contributed by atoms with Crippen LogP contribution in [0.3, 0.4) is 0 Å². The standard InChI is InChI=1S/C25H27F2N9O/c1-37-15-14-36-24(31-19-5-2-17(3-6-19)20-8-11-29-23(28)32-20)33-22(34-36)18-4-7-21(30-16-18)35-12-9-25(26,27)10-13-35/h2-8,11,16H,9-10,12-15H2,1H3,(H2,28,29,32)(H,31,33,34). The molecule has 4 heterocycles. The van der Waals surface area contributed by atoms with Crippen molar-refractivity contribution in [1.82, 2.24) is 29.7 Å². The quantitative estimate of drug-likeness (QED) is 0.365. The Balaban J connectivity index is 1.33. The number of nitrogens with two attached hydrogens (primary N) is 1. The van der Waals surface area contributed by atoms with Gasteiger partial charge in [-0.3, -0.25) is 0 Å². The zero-order valence-corrected chi connectivity index (χ0v) is 20.3. The Hall–Kier alpha value is -4.19. The fraction of sp³-hybridized carbons (Fsp3) is 0.320. The number of halogens is 2. The monoisotopic (exact) mass is 507 g/mol. The molecule has 0 unspecified atom stereocenters. The summed E-state index contributed by atoms with van der Waals surface area (Å²) in [6.07, 6.45) is 2.97. The van der Waals surface area contributed by atoms with E-state index in [9.17, 15) is 8.78 Å². The van der Waals surface area contributed by atoms with Gasteiger partial charge in [0.25, 0.3) is 5.92 Å². The second-order valence-electron chi connectivity index (χ2n) is 8.73. The van der Waals surface area contributed by atoms with Gasteiger partial charge in [-0.25, -0.2) is 28.4 Å². The number of pyridine rings is 1. The molecule has 10 nitrogen and oxygen atoms in total. The lowest BCUT2D eigenvalue weighted by Crippen LogP contribution is -2.39. The molecule has 1 saturated heterocycles. The molecule has 4 aromatic rings. The van der Waals surface area contributed by atoms with E-state index in [1.54, 1.807) is 30.3 Å². The maximum Gasteiger partial charge on any atom is 0.251 e. The van der Waals surface area contributed by atoms with E-state index in [2.05, 4.69) is 30.4 Å². The Morgan fingerprint density at radius 2 is 1.76 bits per heavy atom. The Bertz CT molecular complexity index is 1330. The van der Waals surface area contributed by atoms with Crippen molar-refractivity contribution < 1.29 is 13.5 Å². The molecular weight excluding hydrogens is 480 g/mol. The minimum atomic E-state index is -2.59. The second-order valence-corrected chi connectivity index (χ2v) is 8.73. The molecule has 37 heavy (non-hydrogen) atoms. The minimum Gasteiger partial charge on any atom is -0.383 e. The number of piperidine rings is 1. The first-order chi connectivity index (χ1) is 17.9. The van der Waals surface area contributed by atoms with Gasteiger partial charge in [-0.05, 0) is 30.3 Å². The summed E-state index contributed by atoms with van der Waals surface area (Å²) in [5.74, 6) is -0.659. The van der Waals surface area contributed by atoms with Gasteiger partial charge in [0.1, 0.15) is 5.82 Å². The van der Waals surface area contributed by atoms with E-state index >= 15 is 0 Å². The molecule has 1 aromatic carbocycles. The zero-order chi connectivity index (χ0) is 25.8. The molecule has 0 amide bonds. The number of nitrogen functional groups attached to an aromatic ring is 1. The van der Waals surface area contributed by atoms with Crippen molar-refractivity contribution in [2.45, 2.75) is 25.3 Å². The summed E-state index contributed by atoms with van der Waals surface area (Å²) in [5.41, 5.74) is 8.88. The number of hydrogen-bond donors (Lipinski definition) is 2. The molecule has 1 aliphatic rings. The third-order valence-electron chi connectivity index (χ3n) is 6.11. The van der Waals surface area contributed by atoms with E-state index in [-0.39, 0.29) is 31.9 Å². The van der Waals surface area contributed by atoms with E-state index in [0.29, 0.717) is 30.7 Å². The molecule has 0 spiro atoms. The highest BCUT2D eigenvalue weighted by Gasteiger charge is 2.34. The van der Waals surface area contributed by atoms with Crippen LogP contribution in [0.2, 0.25) is 0 Å². The molecular formula is C25H27F2N9O. The van der Waals surface area contributed by atoms with Crippen LogP contribution in [0.25, 0.3) is 22.6 Å². The lowest BCUT2D eigenvalue weighted by molar-refractivity contribution is -0.0221. The molecule has 0 bridgehead atoms. The third kappa shape index (κ3) is 5.80. The maximum absolute atomic E-state index is 13.5. The normalized spacial score (nSPS) is 15.1. The highest BCUT2D eigenvalue weighted by molar-refractivity contribution is 5.66. The van der Waals surface area contributed by atoms with Crippen LogP contribution >= 0.6 is 0 Å². The maximum atomic E-state index is 13.5. The van der Waals surface area contributed by atoms with Crippen LogP contribution in [-0.4, -0.2) is 62.4 Å². The predicted octanol–water partition coefficient (Wildman–Crippen LogP) is 4.00. The number of anilines is 4. The highest BCUT2D eigenvalue weighted by atomic mass is 19.3. The van der Waals surface area contributed by atoms with E-state index in [4.69, 9.17) is 10.5 Å². The molecule has 12 heteroatoms. The van der Waals surface area contributed by atoms with E-state index in [1.807, 2.05) is 41.3 Å². The summed E-state index contributed by atoms with van der Waals surface area (Å²) < 4.78 is 33.9. The van der Waals surface area contributed by atoms with Crippen LogP contribution in [0.15, 0.2) is 54.9 Å². The van der Waals surface area contributed by atoms with Crippen LogP contribution in [0.1, 0.15) is 12.8 Å². The van der Waals surface area contributed by atoms with Crippen molar-refractivity contribution in [3.05, 3.63) is 54.9 Å². The van der Waals surface area contributed by atoms with E-state index < -0.39 is 5.92 Å². The van der Waals surface area contributed by atoms with Crippen molar-refractivity contribution in [3.8, 4) is 22.6 Å². The molecule has 1 fully saturated rings. The van der Waals surface area contributed by atoms with Crippen LogP contribution < -0.4 is 16.0 Å². The average molecular weight is 508 g/mol. The molecule has 3 aromatic heterocycles. The molecule has 192 valence electrons. The second kappa shape index (κ2) is 10.4.